The van der Waals surface area contributed by atoms with E-state index in [1.807, 2.05) is 0 Å². The largest absolute Gasteiger partial charge is 0.444 e. The van der Waals surface area contributed by atoms with Gasteiger partial charge >= 0.3 is 6.09 Å². The monoisotopic (exact) mass is 480 g/mol. The molecule has 3 N–H and O–H groups in total. The van der Waals surface area contributed by atoms with Crippen molar-refractivity contribution in [2.75, 3.05) is 18.4 Å². The van der Waals surface area contributed by atoms with Crippen molar-refractivity contribution in [2.24, 2.45) is 0 Å². The molecule has 2 aromatic rings. The Kier molecular flexibility index (Phi) is 7.85. The molecular formula is C25H28N4O6. The molecular weight excluding hydrogens is 452 g/mol. The van der Waals surface area contributed by atoms with Gasteiger partial charge in [0.15, 0.2) is 0 Å². The molecule has 5 amide bonds. The van der Waals surface area contributed by atoms with Crippen LogP contribution in [-0.4, -0.2) is 53.3 Å². The number of rotatable bonds is 8. The van der Waals surface area contributed by atoms with Crippen molar-refractivity contribution in [3.05, 3.63) is 65.2 Å². The molecule has 0 spiro atoms. The van der Waals surface area contributed by atoms with Crippen LogP contribution >= 0.6 is 0 Å². The van der Waals surface area contributed by atoms with Crippen LogP contribution in [-0.2, 0) is 20.9 Å². The second kappa shape index (κ2) is 10.8. The molecule has 0 bridgehead atoms. The summed E-state index contributed by atoms with van der Waals surface area (Å²) in [7, 11) is 0. The molecule has 0 unspecified atom stereocenters. The Morgan fingerprint density at radius 1 is 0.857 bits per heavy atom. The Morgan fingerprint density at radius 3 is 2.09 bits per heavy atom. The lowest BCUT2D eigenvalue weighted by Gasteiger charge is -2.19. The minimum atomic E-state index is -0.625. The molecule has 0 atom stereocenters. The summed E-state index contributed by atoms with van der Waals surface area (Å²) in [6.45, 7) is 5.05. The Balaban J connectivity index is 1.50. The predicted molar refractivity (Wildman–Crippen MR) is 128 cm³/mol. The van der Waals surface area contributed by atoms with Gasteiger partial charge in [-0.3, -0.25) is 24.1 Å². The standard InChI is InChI=1S/C25H28N4O6/c1-25(2,3)35-24(34)26-13-12-20(30)27-14-16-8-4-7-11-19(16)28-21(31)15-29-22(32)17-9-5-6-10-18(17)23(29)33/h4-11H,12-15H2,1-3H3,(H,26,34)(H,27,30)(H,28,31). The van der Waals surface area contributed by atoms with E-state index in [0.717, 1.165) is 4.90 Å². The Hall–Kier alpha value is -4.21. The fourth-order valence-electron chi connectivity index (χ4n) is 3.39. The predicted octanol–water partition coefficient (Wildman–Crippen LogP) is 2.45. The molecule has 1 aliphatic rings. The highest BCUT2D eigenvalue weighted by atomic mass is 16.6. The van der Waals surface area contributed by atoms with E-state index in [4.69, 9.17) is 4.74 Å². The van der Waals surface area contributed by atoms with Gasteiger partial charge in [-0.1, -0.05) is 30.3 Å². The molecule has 10 nitrogen and oxygen atoms in total. The van der Waals surface area contributed by atoms with E-state index in [0.29, 0.717) is 11.3 Å². The molecule has 1 heterocycles. The van der Waals surface area contributed by atoms with Crippen LogP contribution in [0.25, 0.3) is 0 Å². The minimum Gasteiger partial charge on any atom is -0.444 e. The van der Waals surface area contributed by atoms with Crippen LogP contribution in [0.3, 0.4) is 0 Å². The number of ether oxygens (including phenoxy) is 1. The van der Waals surface area contributed by atoms with E-state index in [1.165, 1.54) is 0 Å². The molecule has 10 heteroatoms. The minimum absolute atomic E-state index is 0.0491. The second-order valence-electron chi connectivity index (χ2n) is 8.90. The number of para-hydroxylation sites is 1. The van der Waals surface area contributed by atoms with E-state index in [9.17, 15) is 24.0 Å². The molecule has 0 aliphatic carbocycles. The molecule has 0 saturated heterocycles. The summed E-state index contributed by atoms with van der Waals surface area (Å²) < 4.78 is 5.11. The van der Waals surface area contributed by atoms with Crippen molar-refractivity contribution >= 4 is 35.4 Å². The number of alkyl carbamates (subject to hydrolysis) is 1. The lowest BCUT2D eigenvalue weighted by atomic mass is 10.1. The average molecular weight is 481 g/mol. The lowest BCUT2D eigenvalue weighted by Crippen LogP contribution is -2.37. The van der Waals surface area contributed by atoms with Gasteiger partial charge < -0.3 is 20.7 Å². The third-order valence-corrected chi connectivity index (χ3v) is 4.97. The van der Waals surface area contributed by atoms with E-state index >= 15 is 0 Å². The van der Waals surface area contributed by atoms with Gasteiger partial charge in [0.2, 0.25) is 11.8 Å². The van der Waals surface area contributed by atoms with Gasteiger partial charge in [0.1, 0.15) is 12.1 Å². The van der Waals surface area contributed by atoms with Crippen LogP contribution in [0.15, 0.2) is 48.5 Å². The molecule has 2 aromatic carbocycles. The fourth-order valence-corrected chi connectivity index (χ4v) is 3.39. The van der Waals surface area contributed by atoms with Gasteiger partial charge in [-0.15, -0.1) is 0 Å². The van der Waals surface area contributed by atoms with Gasteiger partial charge in [0.05, 0.1) is 11.1 Å². The maximum Gasteiger partial charge on any atom is 0.407 e. The van der Waals surface area contributed by atoms with Gasteiger partial charge in [-0.25, -0.2) is 4.79 Å². The van der Waals surface area contributed by atoms with E-state index in [-0.39, 0.29) is 36.5 Å². The number of hydrogen-bond donors (Lipinski definition) is 3. The van der Waals surface area contributed by atoms with E-state index in [1.54, 1.807) is 69.3 Å². The maximum absolute atomic E-state index is 12.6. The number of carbonyl (C=O) groups excluding carboxylic acids is 5. The van der Waals surface area contributed by atoms with Crippen molar-refractivity contribution in [3.63, 3.8) is 0 Å². The van der Waals surface area contributed by atoms with Crippen molar-refractivity contribution in [1.82, 2.24) is 15.5 Å². The molecule has 0 radical (unpaired) electrons. The van der Waals surface area contributed by atoms with Crippen LogP contribution in [0.4, 0.5) is 10.5 Å². The number of carbonyl (C=O) groups is 5. The highest BCUT2D eigenvalue weighted by Crippen LogP contribution is 2.22. The molecule has 0 fully saturated rings. The Labute approximate surface area is 203 Å². The summed E-state index contributed by atoms with van der Waals surface area (Å²) in [4.78, 5) is 62.3. The fraction of sp³-hybridized carbons (Fsp3) is 0.320. The Morgan fingerprint density at radius 2 is 1.46 bits per heavy atom. The zero-order valence-electron chi connectivity index (χ0n) is 19.8. The topological polar surface area (TPSA) is 134 Å². The van der Waals surface area contributed by atoms with E-state index < -0.39 is 36.0 Å². The van der Waals surface area contributed by atoms with Crippen molar-refractivity contribution < 1.29 is 28.7 Å². The first-order valence-corrected chi connectivity index (χ1v) is 11.1. The zero-order valence-corrected chi connectivity index (χ0v) is 19.8. The average Bonchev–Trinajstić information content (AvgIpc) is 3.02. The van der Waals surface area contributed by atoms with Crippen LogP contribution < -0.4 is 16.0 Å². The summed E-state index contributed by atoms with van der Waals surface area (Å²) in [5, 5.41) is 7.95. The number of anilines is 1. The van der Waals surface area contributed by atoms with Crippen LogP contribution in [0.5, 0.6) is 0 Å². The number of nitrogens with one attached hydrogen (secondary N) is 3. The molecule has 35 heavy (non-hydrogen) atoms. The van der Waals surface area contributed by atoms with Crippen molar-refractivity contribution in [1.29, 1.82) is 0 Å². The van der Waals surface area contributed by atoms with Crippen LogP contribution in [0.2, 0.25) is 0 Å². The first-order chi connectivity index (χ1) is 16.5. The van der Waals surface area contributed by atoms with Crippen molar-refractivity contribution in [2.45, 2.75) is 39.3 Å². The first-order valence-electron chi connectivity index (χ1n) is 11.1. The number of benzene rings is 2. The van der Waals surface area contributed by atoms with Gasteiger partial charge in [0, 0.05) is 25.2 Å². The van der Waals surface area contributed by atoms with Gasteiger partial charge in [0.25, 0.3) is 11.8 Å². The lowest BCUT2D eigenvalue weighted by molar-refractivity contribution is -0.121. The first kappa shape index (κ1) is 25.4. The van der Waals surface area contributed by atoms with Gasteiger partial charge in [-0.2, -0.15) is 0 Å². The zero-order chi connectivity index (χ0) is 25.6. The summed E-state index contributed by atoms with van der Waals surface area (Å²) in [5.41, 5.74) is 1.00. The van der Waals surface area contributed by atoms with Gasteiger partial charge in [-0.05, 0) is 44.5 Å². The molecule has 0 aromatic heterocycles. The number of hydrogen-bond acceptors (Lipinski definition) is 6. The van der Waals surface area contributed by atoms with E-state index in [2.05, 4.69) is 16.0 Å². The van der Waals surface area contributed by atoms with Crippen molar-refractivity contribution in [3.8, 4) is 0 Å². The molecule has 3 rings (SSSR count). The molecule has 0 saturated carbocycles. The quantitative estimate of drug-likeness (QED) is 0.497. The highest BCUT2D eigenvalue weighted by Gasteiger charge is 2.36. The number of fused-ring (bicyclic) bond motifs is 1. The molecule has 184 valence electrons. The Bertz CT molecular complexity index is 1120. The highest BCUT2D eigenvalue weighted by molar-refractivity contribution is 6.22. The number of amides is 5. The van der Waals surface area contributed by atoms with Crippen LogP contribution in [0.1, 0.15) is 53.5 Å². The third kappa shape index (κ3) is 6.89. The van der Waals surface area contributed by atoms with Crippen LogP contribution in [0, 0.1) is 0 Å². The number of imide groups is 1. The summed E-state index contributed by atoms with van der Waals surface area (Å²) >= 11 is 0. The summed E-state index contributed by atoms with van der Waals surface area (Å²) in [6.07, 6.45) is -0.551. The smallest absolute Gasteiger partial charge is 0.407 e. The normalized spacial score (nSPS) is 12.7. The third-order valence-electron chi connectivity index (χ3n) is 4.97. The molecule has 1 aliphatic heterocycles. The summed E-state index contributed by atoms with van der Waals surface area (Å²) in [5.74, 6) is -1.87. The second-order valence-corrected chi connectivity index (χ2v) is 8.90. The number of nitrogens with zero attached hydrogens (tertiary/aromatic N) is 1. The summed E-state index contributed by atoms with van der Waals surface area (Å²) in [6, 6.07) is 13.3. The SMILES string of the molecule is CC(C)(C)OC(=O)NCCC(=O)NCc1ccccc1NC(=O)CN1C(=O)c2ccccc2C1=O. The maximum atomic E-state index is 12.6.